The number of aromatic nitrogens is 1. The monoisotopic (exact) mass is 483 g/mol. The molecule has 8 nitrogen and oxygen atoms in total. The quantitative estimate of drug-likeness (QED) is 0.465. The standard InChI is InChI=1S/C25H33N5O3S/c1-3-19(17-31)28-23(32)21(15-26)25-30(4-2)24(33)22(34-25)16-27-20-9-7-18(8-10-20)11-14-29-12-5-6-13-29/h7-10,16,19,27,31H,3-6,11-14,17H2,1-2H3,(H,28,32)/b22-16+,25-21-/t19-/m0/s1. The number of carbonyl (C=O) groups excluding carboxylic acids is 1. The Morgan fingerprint density at radius 2 is 1.97 bits per heavy atom. The van der Waals surface area contributed by atoms with E-state index in [4.69, 9.17) is 0 Å². The molecule has 3 rings (SSSR count). The molecule has 2 aromatic rings. The molecule has 1 amide bonds. The molecule has 1 saturated heterocycles. The maximum absolute atomic E-state index is 12.9. The van der Waals surface area contributed by atoms with Gasteiger partial charge in [0.25, 0.3) is 11.5 Å². The van der Waals surface area contributed by atoms with E-state index in [1.807, 2.05) is 25.1 Å². The lowest BCUT2D eigenvalue weighted by Crippen LogP contribution is -2.40. The average Bonchev–Trinajstić information content (AvgIpc) is 3.48. The van der Waals surface area contributed by atoms with E-state index in [0.717, 1.165) is 30.0 Å². The molecule has 0 unspecified atom stereocenters. The number of carbonyl (C=O) groups is 1. The van der Waals surface area contributed by atoms with Crippen LogP contribution in [0.5, 0.6) is 0 Å². The Morgan fingerprint density at radius 3 is 2.56 bits per heavy atom. The van der Waals surface area contributed by atoms with E-state index in [1.165, 1.54) is 36.1 Å². The third-order valence-corrected chi connectivity index (χ3v) is 7.19. The van der Waals surface area contributed by atoms with Crippen LogP contribution in [0.25, 0.3) is 11.8 Å². The van der Waals surface area contributed by atoms with E-state index in [0.29, 0.717) is 22.2 Å². The second-order valence-electron chi connectivity index (χ2n) is 8.35. The number of amides is 1. The SMILES string of the molecule is CC[C@@H](CO)NC(=O)/C(C#N)=c1\s/c(=C/Nc2ccc(CCN3CCCC3)cc2)c(=O)n1CC. The Kier molecular flexibility index (Phi) is 9.45. The predicted molar refractivity (Wildman–Crippen MR) is 136 cm³/mol. The van der Waals surface area contributed by atoms with Crippen molar-refractivity contribution in [3.63, 3.8) is 0 Å². The molecule has 3 N–H and O–H groups in total. The Balaban J connectivity index is 1.80. The van der Waals surface area contributed by atoms with Crippen molar-refractivity contribution in [2.24, 2.45) is 0 Å². The highest BCUT2D eigenvalue weighted by Crippen LogP contribution is 2.12. The van der Waals surface area contributed by atoms with Crippen molar-refractivity contribution >= 4 is 34.7 Å². The van der Waals surface area contributed by atoms with Gasteiger partial charge in [-0.1, -0.05) is 19.1 Å². The van der Waals surface area contributed by atoms with Crippen molar-refractivity contribution in [2.45, 2.75) is 52.1 Å². The highest BCUT2D eigenvalue weighted by molar-refractivity contribution is 7.07. The third-order valence-electron chi connectivity index (χ3n) is 6.06. The van der Waals surface area contributed by atoms with Crippen molar-refractivity contribution in [2.75, 3.05) is 31.6 Å². The lowest BCUT2D eigenvalue weighted by molar-refractivity contribution is -0.116. The van der Waals surface area contributed by atoms with Crippen LogP contribution in [0, 0.1) is 11.3 Å². The zero-order valence-electron chi connectivity index (χ0n) is 19.8. The normalized spacial score (nSPS) is 16.2. The lowest BCUT2D eigenvalue weighted by Gasteiger charge is -2.14. The number of hydrogen-bond donors (Lipinski definition) is 3. The van der Waals surface area contributed by atoms with Gasteiger partial charge in [0, 0.05) is 25.0 Å². The lowest BCUT2D eigenvalue weighted by atomic mass is 10.1. The maximum atomic E-state index is 12.9. The van der Waals surface area contributed by atoms with Crippen LogP contribution in [-0.2, 0) is 17.8 Å². The molecule has 0 bridgehead atoms. The zero-order valence-corrected chi connectivity index (χ0v) is 20.7. The van der Waals surface area contributed by atoms with Crippen molar-refractivity contribution in [3.05, 3.63) is 49.4 Å². The zero-order chi connectivity index (χ0) is 24.5. The first-order chi connectivity index (χ1) is 16.5. The Morgan fingerprint density at radius 1 is 1.26 bits per heavy atom. The average molecular weight is 484 g/mol. The number of aliphatic hydroxyl groups excluding tert-OH is 1. The van der Waals surface area contributed by atoms with Crippen LogP contribution in [0.2, 0.25) is 0 Å². The fourth-order valence-corrected chi connectivity index (χ4v) is 5.02. The molecule has 1 aromatic carbocycles. The number of hydrogen-bond acceptors (Lipinski definition) is 7. The highest BCUT2D eigenvalue weighted by Gasteiger charge is 2.18. The van der Waals surface area contributed by atoms with E-state index in [1.54, 1.807) is 13.1 Å². The molecule has 0 radical (unpaired) electrons. The minimum absolute atomic E-state index is 0.127. The molecule has 34 heavy (non-hydrogen) atoms. The maximum Gasteiger partial charge on any atom is 0.270 e. The molecule has 0 spiro atoms. The van der Waals surface area contributed by atoms with Gasteiger partial charge in [-0.15, -0.1) is 11.3 Å². The molecular weight excluding hydrogens is 450 g/mol. The van der Waals surface area contributed by atoms with Crippen molar-refractivity contribution in [3.8, 4) is 6.07 Å². The van der Waals surface area contributed by atoms with Crippen LogP contribution >= 0.6 is 11.3 Å². The molecular formula is C25H33N5O3S. The van der Waals surface area contributed by atoms with Gasteiger partial charge in [0.15, 0.2) is 5.57 Å². The summed E-state index contributed by atoms with van der Waals surface area (Å²) in [4.78, 5) is 28.0. The highest BCUT2D eigenvalue weighted by atomic mass is 32.1. The number of likely N-dealkylation sites (tertiary alicyclic amines) is 1. The first kappa shape index (κ1) is 25.7. The number of anilines is 1. The summed E-state index contributed by atoms with van der Waals surface area (Å²) < 4.78 is 2.15. The van der Waals surface area contributed by atoms with Gasteiger partial charge in [-0.2, -0.15) is 5.26 Å². The van der Waals surface area contributed by atoms with Crippen LogP contribution in [-0.4, -0.2) is 52.8 Å². The van der Waals surface area contributed by atoms with Crippen LogP contribution in [0.15, 0.2) is 29.1 Å². The number of nitrogens with one attached hydrogen (secondary N) is 2. The summed E-state index contributed by atoms with van der Waals surface area (Å²) in [6.07, 6.45) is 5.76. The van der Waals surface area contributed by atoms with E-state index < -0.39 is 11.9 Å². The van der Waals surface area contributed by atoms with Crippen LogP contribution < -0.4 is 25.4 Å². The van der Waals surface area contributed by atoms with Crippen molar-refractivity contribution < 1.29 is 9.90 Å². The smallest absolute Gasteiger partial charge is 0.270 e. The molecule has 182 valence electrons. The van der Waals surface area contributed by atoms with Gasteiger partial charge in [-0.3, -0.25) is 14.2 Å². The van der Waals surface area contributed by atoms with Crippen molar-refractivity contribution in [1.29, 1.82) is 5.26 Å². The number of benzene rings is 1. The Labute approximate surface area is 203 Å². The summed E-state index contributed by atoms with van der Waals surface area (Å²) in [7, 11) is 0. The van der Waals surface area contributed by atoms with Crippen LogP contribution in [0.1, 0.15) is 38.7 Å². The van der Waals surface area contributed by atoms with E-state index in [9.17, 15) is 20.0 Å². The predicted octanol–water partition coefficient (Wildman–Crippen LogP) is 0.979. The second kappa shape index (κ2) is 12.5. The van der Waals surface area contributed by atoms with Gasteiger partial charge in [-0.25, -0.2) is 0 Å². The summed E-state index contributed by atoms with van der Waals surface area (Å²) in [6.45, 7) is 7.21. The number of aliphatic hydroxyl groups is 1. The Hall–Kier alpha value is -2.93. The summed E-state index contributed by atoms with van der Waals surface area (Å²) in [6, 6.07) is 9.65. The third kappa shape index (κ3) is 6.35. The molecule has 1 aliphatic rings. The van der Waals surface area contributed by atoms with Gasteiger partial charge in [0.05, 0.1) is 12.6 Å². The summed E-state index contributed by atoms with van der Waals surface area (Å²) >= 11 is 1.10. The molecule has 1 aromatic heterocycles. The first-order valence-corrected chi connectivity index (χ1v) is 12.7. The first-order valence-electron chi connectivity index (χ1n) is 11.8. The van der Waals surface area contributed by atoms with Crippen molar-refractivity contribution in [1.82, 2.24) is 14.8 Å². The molecule has 1 fully saturated rings. The number of nitrogens with zero attached hydrogens (tertiary/aromatic N) is 3. The van der Waals surface area contributed by atoms with Gasteiger partial charge in [0.1, 0.15) is 15.3 Å². The fraction of sp³-hybridized carbons (Fsp3) is 0.480. The van der Waals surface area contributed by atoms with E-state index in [-0.39, 0.29) is 17.7 Å². The molecule has 1 aliphatic heterocycles. The summed E-state index contributed by atoms with van der Waals surface area (Å²) in [5.41, 5.74) is 1.75. The largest absolute Gasteiger partial charge is 0.394 e. The van der Waals surface area contributed by atoms with E-state index >= 15 is 0 Å². The number of nitriles is 1. The molecule has 1 atom stereocenters. The number of thiazole rings is 1. The minimum atomic E-state index is -0.587. The van der Waals surface area contributed by atoms with Gasteiger partial charge in [-0.05, 0) is 63.4 Å². The Bertz CT molecular complexity index is 1180. The van der Waals surface area contributed by atoms with Crippen LogP contribution in [0.4, 0.5) is 5.69 Å². The van der Waals surface area contributed by atoms with Gasteiger partial charge in [0.2, 0.25) is 0 Å². The molecule has 0 aliphatic carbocycles. The van der Waals surface area contributed by atoms with Crippen LogP contribution in [0.3, 0.4) is 0 Å². The topological polar surface area (TPSA) is 110 Å². The minimum Gasteiger partial charge on any atom is -0.394 e. The molecule has 0 saturated carbocycles. The summed E-state index contributed by atoms with van der Waals surface area (Å²) in [5.74, 6) is -0.587. The summed E-state index contributed by atoms with van der Waals surface area (Å²) in [5, 5.41) is 24.8. The number of rotatable bonds is 10. The molecule has 2 heterocycles. The second-order valence-corrected chi connectivity index (χ2v) is 9.38. The van der Waals surface area contributed by atoms with E-state index in [2.05, 4.69) is 27.7 Å². The van der Waals surface area contributed by atoms with Gasteiger partial charge >= 0.3 is 0 Å². The van der Waals surface area contributed by atoms with Gasteiger partial charge < -0.3 is 20.6 Å². The molecule has 9 heteroatoms. The fourth-order valence-electron chi connectivity index (χ4n) is 3.93.